The quantitative estimate of drug-likeness (QED) is 0.893. The molecule has 2 heterocycles. The molecule has 2 aromatic rings. The van der Waals surface area contributed by atoms with Gasteiger partial charge in [0.15, 0.2) is 0 Å². The highest BCUT2D eigenvalue weighted by Gasteiger charge is 2.15. The van der Waals surface area contributed by atoms with Gasteiger partial charge in [-0.15, -0.1) is 0 Å². The topological polar surface area (TPSA) is 51.4 Å². The number of hydrogen-bond acceptors (Lipinski definition) is 4. The number of anilines is 1. The van der Waals surface area contributed by atoms with Crippen LogP contribution in [0.3, 0.4) is 0 Å². The Morgan fingerprint density at radius 2 is 2.11 bits per heavy atom. The van der Waals surface area contributed by atoms with Gasteiger partial charge in [-0.25, -0.2) is 4.98 Å². The van der Waals surface area contributed by atoms with Crippen molar-refractivity contribution in [2.75, 3.05) is 31.2 Å². The summed E-state index contributed by atoms with van der Waals surface area (Å²) < 4.78 is 5.51. The van der Waals surface area contributed by atoms with Gasteiger partial charge < -0.3 is 15.4 Å². The molecule has 1 fully saturated rings. The van der Waals surface area contributed by atoms with Gasteiger partial charge >= 0.3 is 0 Å². The number of nitrogens with zero attached hydrogens (tertiary/aromatic N) is 2. The lowest BCUT2D eigenvalue weighted by atomic mass is 10.1. The number of nitrogens with two attached hydrogens (primary N) is 1. The standard InChI is InChI=1S/C15H19N3O/c16-11-13-10-12-4-1-2-5-14(12)17-15(13)18-6-3-8-19-9-7-18/h1-2,4-5,10H,3,6-9,11,16H2. The molecule has 0 bridgehead atoms. The molecule has 1 aromatic heterocycles. The third-order valence-corrected chi connectivity index (χ3v) is 3.52. The Morgan fingerprint density at radius 3 is 3.00 bits per heavy atom. The third-order valence-electron chi connectivity index (χ3n) is 3.52. The Hall–Kier alpha value is -1.65. The lowest BCUT2D eigenvalue weighted by Crippen LogP contribution is -2.28. The highest BCUT2D eigenvalue weighted by atomic mass is 16.5. The largest absolute Gasteiger partial charge is 0.380 e. The number of benzene rings is 1. The maximum Gasteiger partial charge on any atom is 0.133 e. The van der Waals surface area contributed by atoms with Gasteiger partial charge in [-0.05, 0) is 18.6 Å². The fraction of sp³-hybridized carbons (Fsp3) is 0.400. The van der Waals surface area contributed by atoms with E-state index < -0.39 is 0 Å². The Kier molecular flexibility index (Phi) is 3.62. The van der Waals surface area contributed by atoms with Crippen LogP contribution < -0.4 is 10.6 Å². The van der Waals surface area contributed by atoms with Crippen LogP contribution in [0.2, 0.25) is 0 Å². The Balaban J connectivity index is 2.04. The van der Waals surface area contributed by atoms with E-state index in [1.165, 1.54) is 0 Å². The summed E-state index contributed by atoms with van der Waals surface area (Å²) in [5, 5.41) is 1.15. The van der Waals surface area contributed by atoms with Gasteiger partial charge in [0, 0.05) is 37.2 Å². The highest BCUT2D eigenvalue weighted by Crippen LogP contribution is 2.24. The molecule has 0 atom stereocenters. The van der Waals surface area contributed by atoms with Crippen molar-refractivity contribution in [1.82, 2.24) is 4.98 Å². The Labute approximate surface area is 113 Å². The van der Waals surface area contributed by atoms with Gasteiger partial charge in [-0.1, -0.05) is 18.2 Å². The molecule has 1 aliphatic heterocycles. The van der Waals surface area contributed by atoms with Crippen molar-refractivity contribution in [2.45, 2.75) is 13.0 Å². The van der Waals surface area contributed by atoms with E-state index in [0.717, 1.165) is 55.0 Å². The number of aromatic nitrogens is 1. The molecule has 0 aliphatic carbocycles. The van der Waals surface area contributed by atoms with Gasteiger partial charge in [0.2, 0.25) is 0 Å². The van der Waals surface area contributed by atoms with Crippen molar-refractivity contribution >= 4 is 16.7 Å². The lowest BCUT2D eigenvalue weighted by molar-refractivity contribution is 0.152. The molecule has 3 rings (SSSR count). The molecule has 0 spiro atoms. The summed E-state index contributed by atoms with van der Waals surface area (Å²) in [5.74, 6) is 1.02. The van der Waals surface area contributed by atoms with Crippen molar-refractivity contribution in [3.8, 4) is 0 Å². The number of ether oxygens (including phenoxy) is 1. The van der Waals surface area contributed by atoms with Gasteiger partial charge in [0.05, 0.1) is 12.1 Å². The summed E-state index contributed by atoms with van der Waals surface area (Å²) in [6, 6.07) is 10.3. The zero-order valence-electron chi connectivity index (χ0n) is 11.0. The second kappa shape index (κ2) is 5.55. The SMILES string of the molecule is NCc1cc2ccccc2nc1N1CCCOCC1. The highest BCUT2D eigenvalue weighted by molar-refractivity contribution is 5.81. The first-order valence-electron chi connectivity index (χ1n) is 6.80. The molecule has 1 aliphatic rings. The summed E-state index contributed by atoms with van der Waals surface area (Å²) in [5.41, 5.74) is 8.03. The molecule has 2 N–H and O–H groups in total. The normalized spacial score (nSPS) is 16.6. The van der Waals surface area contributed by atoms with Crippen molar-refractivity contribution in [1.29, 1.82) is 0 Å². The second-order valence-corrected chi connectivity index (χ2v) is 4.82. The zero-order valence-corrected chi connectivity index (χ0v) is 11.0. The Bertz CT molecular complexity index is 562. The van der Waals surface area contributed by atoms with E-state index in [2.05, 4.69) is 17.0 Å². The molecule has 0 amide bonds. The molecule has 0 radical (unpaired) electrons. The van der Waals surface area contributed by atoms with Gasteiger partial charge in [-0.2, -0.15) is 0 Å². The molecule has 1 aromatic carbocycles. The van der Waals surface area contributed by atoms with E-state index in [4.69, 9.17) is 15.5 Å². The monoisotopic (exact) mass is 257 g/mol. The summed E-state index contributed by atoms with van der Waals surface area (Å²) >= 11 is 0. The first kappa shape index (κ1) is 12.4. The average Bonchev–Trinajstić information content (AvgIpc) is 2.74. The summed E-state index contributed by atoms with van der Waals surface area (Å²) in [6.07, 6.45) is 1.04. The molecule has 100 valence electrons. The van der Waals surface area contributed by atoms with Crippen LogP contribution in [-0.2, 0) is 11.3 Å². The maximum atomic E-state index is 5.89. The molecule has 4 heteroatoms. The average molecular weight is 257 g/mol. The maximum absolute atomic E-state index is 5.89. The molecule has 19 heavy (non-hydrogen) atoms. The van der Waals surface area contributed by atoms with Crippen molar-refractivity contribution < 1.29 is 4.74 Å². The summed E-state index contributed by atoms with van der Waals surface area (Å²) in [6.45, 7) is 3.99. The van der Waals surface area contributed by atoms with Crippen molar-refractivity contribution in [2.24, 2.45) is 5.73 Å². The van der Waals surface area contributed by atoms with Crippen LogP contribution in [0.15, 0.2) is 30.3 Å². The van der Waals surface area contributed by atoms with Gasteiger partial charge in [0.1, 0.15) is 5.82 Å². The second-order valence-electron chi connectivity index (χ2n) is 4.82. The van der Waals surface area contributed by atoms with E-state index in [9.17, 15) is 0 Å². The van der Waals surface area contributed by atoms with E-state index in [-0.39, 0.29) is 0 Å². The fourth-order valence-electron chi connectivity index (χ4n) is 2.53. The fourth-order valence-corrected chi connectivity index (χ4v) is 2.53. The van der Waals surface area contributed by atoms with Crippen LogP contribution >= 0.6 is 0 Å². The van der Waals surface area contributed by atoms with Crippen LogP contribution in [0.1, 0.15) is 12.0 Å². The van der Waals surface area contributed by atoms with Gasteiger partial charge in [0.25, 0.3) is 0 Å². The van der Waals surface area contributed by atoms with Crippen molar-refractivity contribution in [3.63, 3.8) is 0 Å². The number of fused-ring (bicyclic) bond motifs is 1. The number of hydrogen-bond donors (Lipinski definition) is 1. The molecule has 0 saturated carbocycles. The first-order valence-corrected chi connectivity index (χ1v) is 6.80. The first-order chi connectivity index (χ1) is 9.38. The molecular formula is C15H19N3O. The van der Waals surface area contributed by atoms with Crippen LogP contribution in [-0.4, -0.2) is 31.3 Å². The predicted molar refractivity (Wildman–Crippen MR) is 77.3 cm³/mol. The third kappa shape index (κ3) is 2.55. The van der Waals surface area contributed by atoms with E-state index in [1.807, 2.05) is 18.2 Å². The van der Waals surface area contributed by atoms with Crippen LogP contribution in [0, 0.1) is 0 Å². The predicted octanol–water partition coefficient (Wildman–Crippen LogP) is 1.92. The minimum Gasteiger partial charge on any atom is -0.380 e. The summed E-state index contributed by atoms with van der Waals surface area (Å²) in [4.78, 5) is 7.10. The van der Waals surface area contributed by atoms with E-state index >= 15 is 0 Å². The number of pyridine rings is 1. The zero-order chi connectivity index (χ0) is 13.1. The summed E-state index contributed by atoms with van der Waals surface area (Å²) in [7, 11) is 0. The van der Waals surface area contributed by atoms with E-state index in [1.54, 1.807) is 0 Å². The molecular weight excluding hydrogens is 238 g/mol. The molecule has 0 unspecified atom stereocenters. The van der Waals surface area contributed by atoms with Crippen molar-refractivity contribution in [3.05, 3.63) is 35.9 Å². The lowest BCUT2D eigenvalue weighted by Gasteiger charge is -2.23. The number of rotatable bonds is 2. The van der Waals surface area contributed by atoms with Crippen LogP contribution in [0.25, 0.3) is 10.9 Å². The molecule has 1 saturated heterocycles. The Morgan fingerprint density at radius 1 is 1.21 bits per heavy atom. The minimum atomic E-state index is 0.518. The van der Waals surface area contributed by atoms with Gasteiger partial charge in [-0.3, -0.25) is 0 Å². The van der Waals surface area contributed by atoms with Crippen LogP contribution in [0.4, 0.5) is 5.82 Å². The molecule has 4 nitrogen and oxygen atoms in total. The van der Waals surface area contributed by atoms with Crippen LogP contribution in [0.5, 0.6) is 0 Å². The minimum absolute atomic E-state index is 0.518. The number of para-hydroxylation sites is 1. The van der Waals surface area contributed by atoms with E-state index in [0.29, 0.717) is 6.54 Å². The smallest absolute Gasteiger partial charge is 0.133 e.